The van der Waals surface area contributed by atoms with E-state index < -0.39 is 27.7 Å². The van der Waals surface area contributed by atoms with Crippen molar-refractivity contribution in [2.45, 2.75) is 13.3 Å². The number of aromatic amines is 1. The van der Waals surface area contributed by atoms with Crippen molar-refractivity contribution in [2.24, 2.45) is 11.5 Å². The number of nitrogens with one attached hydrogen (secondary N) is 2. The average molecular weight is 522 g/mol. The van der Waals surface area contributed by atoms with E-state index in [-0.39, 0.29) is 6.54 Å². The van der Waals surface area contributed by atoms with Gasteiger partial charge in [0.1, 0.15) is 0 Å². The second-order valence-electron chi connectivity index (χ2n) is 8.80. The third kappa shape index (κ3) is 5.47. The first-order valence-electron chi connectivity index (χ1n) is 11.4. The minimum atomic E-state index is -3.28. The number of benzene rings is 2. The van der Waals surface area contributed by atoms with Crippen molar-refractivity contribution in [1.29, 1.82) is 0 Å². The summed E-state index contributed by atoms with van der Waals surface area (Å²) in [4.78, 5) is 38.6. The van der Waals surface area contributed by atoms with Crippen LogP contribution < -0.4 is 16.8 Å². The maximum atomic E-state index is 12.2. The molecular weight excluding hydrogens is 494 g/mol. The molecule has 0 saturated carbocycles. The van der Waals surface area contributed by atoms with Gasteiger partial charge in [-0.15, -0.1) is 0 Å². The van der Waals surface area contributed by atoms with Gasteiger partial charge in [0.25, 0.3) is 5.91 Å². The van der Waals surface area contributed by atoms with Crippen LogP contribution in [0.25, 0.3) is 27.6 Å². The van der Waals surface area contributed by atoms with Crippen molar-refractivity contribution in [2.75, 3.05) is 24.7 Å². The maximum Gasteiger partial charge on any atom is 0.250 e. The number of hydrogen-bond acceptors (Lipinski definition) is 5. The zero-order chi connectivity index (χ0) is 26.9. The summed E-state index contributed by atoms with van der Waals surface area (Å²) in [5.74, 6) is -1.80. The van der Waals surface area contributed by atoms with Crippen molar-refractivity contribution >= 4 is 49.9 Å². The smallest absolute Gasteiger partial charge is 0.250 e. The molecule has 1 aliphatic rings. The number of rotatable bonds is 7. The van der Waals surface area contributed by atoms with Gasteiger partial charge in [-0.05, 0) is 53.8 Å². The van der Waals surface area contributed by atoms with Gasteiger partial charge >= 0.3 is 0 Å². The molecule has 2 heterocycles. The molecular formula is C26H27N5O5S. The molecule has 11 heteroatoms. The summed E-state index contributed by atoms with van der Waals surface area (Å²) >= 11 is 0. The van der Waals surface area contributed by atoms with Crippen LogP contribution in [0.2, 0.25) is 0 Å². The first-order chi connectivity index (χ1) is 17.5. The number of nitrogens with two attached hydrogens (primary N) is 2. The quantitative estimate of drug-likeness (QED) is 0.349. The SMILES string of the molecule is Cc1c(NC(=O)C=CC(N)=O)cccc1-c1ccc(C(N)=O)c2[nH]c(C3=CCN(S(C)(=O)=O)CC3)cc12. The molecule has 1 aromatic heterocycles. The number of fused-ring (bicyclic) bond motifs is 1. The fourth-order valence-electron chi connectivity index (χ4n) is 4.42. The molecule has 37 heavy (non-hydrogen) atoms. The van der Waals surface area contributed by atoms with Gasteiger partial charge in [-0.25, -0.2) is 8.42 Å². The molecule has 0 fully saturated rings. The van der Waals surface area contributed by atoms with Crippen LogP contribution in [0.1, 0.15) is 28.0 Å². The Kier molecular flexibility index (Phi) is 7.01. The summed E-state index contributed by atoms with van der Waals surface area (Å²) in [6.07, 6.45) is 5.61. The number of hydrogen-bond donors (Lipinski definition) is 4. The van der Waals surface area contributed by atoms with Crippen molar-refractivity contribution in [3.8, 4) is 11.1 Å². The molecule has 0 unspecified atom stereocenters. The topological polar surface area (TPSA) is 168 Å². The summed E-state index contributed by atoms with van der Waals surface area (Å²) in [7, 11) is -3.28. The second-order valence-corrected chi connectivity index (χ2v) is 10.8. The monoisotopic (exact) mass is 521 g/mol. The lowest BCUT2D eigenvalue weighted by Gasteiger charge is -2.23. The van der Waals surface area contributed by atoms with Crippen LogP contribution in [0, 0.1) is 6.92 Å². The highest BCUT2D eigenvalue weighted by atomic mass is 32.2. The molecule has 4 rings (SSSR count). The minimum absolute atomic E-state index is 0.268. The van der Waals surface area contributed by atoms with E-state index in [1.54, 1.807) is 18.2 Å². The van der Waals surface area contributed by atoms with Crippen molar-refractivity contribution < 1.29 is 22.8 Å². The Hall–Kier alpha value is -4.22. The highest BCUT2D eigenvalue weighted by Gasteiger charge is 2.22. The van der Waals surface area contributed by atoms with Gasteiger partial charge in [0.05, 0.1) is 17.3 Å². The van der Waals surface area contributed by atoms with Gasteiger partial charge in [-0.3, -0.25) is 14.4 Å². The van der Waals surface area contributed by atoms with E-state index in [9.17, 15) is 22.8 Å². The largest absolute Gasteiger partial charge is 0.366 e. The third-order valence-corrected chi connectivity index (χ3v) is 7.60. The van der Waals surface area contributed by atoms with E-state index in [1.807, 2.05) is 31.2 Å². The van der Waals surface area contributed by atoms with E-state index in [0.29, 0.717) is 29.7 Å². The third-order valence-electron chi connectivity index (χ3n) is 6.33. The minimum Gasteiger partial charge on any atom is -0.366 e. The Morgan fingerprint density at radius 3 is 2.46 bits per heavy atom. The van der Waals surface area contributed by atoms with Gasteiger partial charge in [-0.2, -0.15) is 4.31 Å². The van der Waals surface area contributed by atoms with Gasteiger partial charge < -0.3 is 21.8 Å². The Morgan fingerprint density at radius 1 is 1.08 bits per heavy atom. The highest BCUT2D eigenvalue weighted by molar-refractivity contribution is 7.88. The van der Waals surface area contributed by atoms with Gasteiger partial charge in [-0.1, -0.05) is 24.3 Å². The van der Waals surface area contributed by atoms with Gasteiger partial charge in [0, 0.05) is 42.0 Å². The number of aromatic nitrogens is 1. The first kappa shape index (κ1) is 25.9. The molecule has 3 amide bonds. The zero-order valence-corrected chi connectivity index (χ0v) is 21.2. The number of carbonyl (C=O) groups is 3. The van der Waals surface area contributed by atoms with Crippen LogP contribution in [-0.4, -0.2) is 54.8 Å². The lowest BCUT2D eigenvalue weighted by Crippen LogP contribution is -2.33. The van der Waals surface area contributed by atoms with Gasteiger partial charge in [0.2, 0.25) is 21.8 Å². The lowest BCUT2D eigenvalue weighted by molar-refractivity contribution is -0.115. The van der Waals surface area contributed by atoms with Crippen LogP contribution in [0.3, 0.4) is 0 Å². The van der Waals surface area contributed by atoms with Crippen molar-refractivity contribution in [1.82, 2.24) is 9.29 Å². The number of H-pyrrole nitrogens is 1. The molecule has 0 aliphatic carbocycles. The predicted octanol–water partition coefficient (Wildman–Crippen LogP) is 2.27. The highest BCUT2D eigenvalue weighted by Crippen LogP contribution is 2.37. The molecule has 0 atom stereocenters. The Bertz CT molecular complexity index is 1600. The van der Waals surface area contributed by atoms with Crippen LogP contribution in [0.4, 0.5) is 5.69 Å². The fourth-order valence-corrected chi connectivity index (χ4v) is 5.19. The van der Waals surface area contributed by atoms with Crippen LogP contribution in [0.5, 0.6) is 0 Å². The predicted molar refractivity (Wildman–Crippen MR) is 143 cm³/mol. The normalized spacial score (nSPS) is 14.6. The molecule has 0 radical (unpaired) electrons. The Balaban J connectivity index is 1.78. The number of primary amides is 2. The van der Waals surface area contributed by atoms with E-state index in [4.69, 9.17) is 11.5 Å². The summed E-state index contributed by atoms with van der Waals surface area (Å²) in [5.41, 5.74) is 16.3. The van der Waals surface area contributed by atoms with Gasteiger partial charge in [0.15, 0.2) is 0 Å². The molecule has 6 N–H and O–H groups in total. The number of sulfonamides is 1. The average Bonchev–Trinajstić information content (AvgIpc) is 3.28. The van der Waals surface area contributed by atoms with E-state index in [0.717, 1.165) is 45.5 Å². The Labute approximate surface area is 214 Å². The molecule has 3 aromatic rings. The lowest BCUT2D eigenvalue weighted by atomic mass is 9.94. The summed E-state index contributed by atoms with van der Waals surface area (Å²) in [6.45, 7) is 2.48. The summed E-state index contributed by atoms with van der Waals surface area (Å²) < 4.78 is 25.1. The molecule has 0 spiro atoms. The number of anilines is 1. The molecule has 10 nitrogen and oxygen atoms in total. The summed E-state index contributed by atoms with van der Waals surface area (Å²) in [5, 5.41) is 3.51. The van der Waals surface area contributed by atoms with Crippen LogP contribution >= 0.6 is 0 Å². The standard InChI is InChI=1S/C26H27N5O5S/c1-15-17(4-3-5-21(15)29-24(33)9-8-23(27)32)18-6-7-19(26(28)34)25-20(18)14-22(30-25)16-10-12-31(13-11-16)37(2,35)36/h3-10,14,30H,11-13H2,1-2H3,(H2,27,32)(H2,28,34)(H,29,33). The van der Waals surface area contributed by atoms with E-state index >= 15 is 0 Å². The molecule has 0 saturated heterocycles. The maximum absolute atomic E-state index is 12.2. The van der Waals surface area contributed by atoms with Crippen LogP contribution in [0.15, 0.2) is 54.6 Å². The molecule has 0 bridgehead atoms. The van der Waals surface area contributed by atoms with E-state index in [2.05, 4.69) is 10.3 Å². The number of carbonyl (C=O) groups excluding carboxylic acids is 3. The van der Waals surface area contributed by atoms with E-state index in [1.165, 1.54) is 10.6 Å². The molecule has 2 aromatic carbocycles. The number of nitrogens with zero attached hydrogens (tertiary/aromatic N) is 1. The van der Waals surface area contributed by atoms with Crippen LogP contribution in [-0.2, 0) is 19.6 Å². The molecule has 1 aliphatic heterocycles. The second kappa shape index (κ2) is 10.0. The fraction of sp³-hybridized carbons (Fsp3) is 0.192. The van der Waals surface area contributed by atoms with Crippen molar-refractivity contribution in [3.63, 3.8) is 0 Å². The number of amides is 3. The molecule has 192 valence electrons. The Morgan fingerprint density at radius 2 is 1.84 bits per heavy atom. The van der Waals surface area contributed by atoms with Crippen molar-refractivity contribution in [3.05, 3.63) is 71.4 Å². The first-order valence-corrected chi connectivity index (χ1v) is 13.3. The zero-order valence-electron chi connectivity index (χ0n) is 20.4. The summed E-state index contributed by atoms with van der Waals surface area (Å²) in [6, 6.07) is 10.8.